The molecule has 12 heavy (non-hydrogen) atoms. The molecule has 0 atom stereocenters. The van der Waals surface area contributed by atoms with Gasteiger partial charge in [0.25, 0.3) is 0 Å². The van der Waals surface area contributed by atoms with E-state index in [-0.39, 0.29) is 17.4 Å². The summed E-state index contributed by atoms with van der Waals surface area (Å²) in [7, 11) is 0. The number of hydrogen-bond donors (Lipinski definition) is 1. The van der Waals surface area contributed by atoms with Crippen molar-refractivity contribution in [2.75, 3.05) is 6.61 Å². The third kappa shape index (κ3) is 13.1. The van der Waals surface area contributed by atoms with Crippen LogP contribution in [0.1, 0.15) is 58.3 Å². The predicted octanol–water partition coefficient (Wildman–Crippen LogP) is 2.74. The Labute approximate surface area is 87.7 Å². The van der Waals surface area contributed by atoms with Gasteiger partial charge in [0.1, 0.15) is 0 Å². The summed E-state index contributed by atoms with van der Waals surface area (Å²) >= 11 is 0. The van der Waals surface area contributed by atoms with Crippen LogP contribution in [0.2, 0.25) is 0 Å². The molecule has 0 heterocycles. The van der Waals surface area contributed by atoms with Crippen LogP contribution in [-0.4, -0.2) is 29.1 Å². The third-order valence-corrected chi connectivity index (χ3v) is 2.01. The monoisotopic (exact) mass is 185 g/mol. The quantitative estimate of drug-likeness (QED) is 0.455. The molecule has 0 aliphatic carbocycles. The summed E-state index contributed by atoms with van der Waals surface area (Å²) in [6.07, 6.45) is 10.4. The van der Waals surface area contributed by atoms with Crippen LogP contribution in [0.5, 0.6) is 0 Å². The maximum Gasteiger partial charge on any atom is 3.00 e. The second-order valence-electron chi connectivity index (χ2n) is 3.20. The molecule has 0 rings (SSSR count). The molecule has 1 N–H and O–H groups in total. The third-order valence-electron chi connectivity index (χ3n) is 2.01. The zero-order chi connectivity index (χ0) is 8.36. The second kappa shape index (κ2) is 14.0. The first-order valence-corrected chi connectivity index (χ1v) is 5.02. The molecule has 0 aromatic rings. The molecule has 0 fully saturated rings. The Kier molecular flexibility index (Phi) is 17.5. The first-order valence-electron chi connectivity index (χ1n) is 5.02. The fourth-order valence-electron chi connectivity index (χ4n) is 1.25. The van der Waals surface area contributed by atoms with E-state index in [9.17, 15) is 0 Å². The Hall–Kier alpha value is 0.492. The smallest absolute Gasteiger partial charge is 0.396 e. The largest absolute Gasteiger partial charge is 3.00 e. The fourth-order valence-corrected chi connectivity index (χ4v) is 1.25. The van der Waals surface area contributed by atoms with Crippen LogP contribution in [0.4, 0.5) is 0 Å². The minimum absolute atomic E-state index is 0. The molecule has 68 valence electrons. The standard InChI is InChI=1S/C10H22O.Al/c1-2-3-4-5-6-7-8-9-10-11;/h11H,2-10H2,1H3;/q;+3. The number of hydrogen-bond acceptors (Lipinski definition) is 1. The Bertz CT molecular complexity index is 58.9. The van der Waals surface area contributed by atoms with E-state index in [1.807, 2.05) is 0 Å². The Morgan fingerprint density at radius 3 is 1.58 bits per heavy atom. The van der Waals surface area contributed by atoms with Gasteiger partial charge in [0.05, 0.1) is 0 Å². The van der Waals surface area contributed by atoms with Crippen molar-refractivity contribution < 1.29 is 5.11 Å². The van der Waals surface area contributed by atoms with Crippen LogP contribution in [-0.2, 0) is 0 Å². The molecule has 0 aliphatic rings. The summed E-state index contributed by atoms with van der Waals surface area (Å²) < 4.78 is 0. The van der Waals surface area contributed by atoms with Crippen molar-refractivity contribution >= 4 is 17.4 Å². The summed E-state index contributed by atoms with van der Waals surface area (Å²) in [4.78, 5) is 0. The Morgan fingerprint density at radius 1 is 0.750 bits per heavy atom. The molecule has 1 nitrogen and oxygen atoms in total. The average Bonchev–Trinajstić information content (AvgIpc) is 2.03. The van der Waals surface area contributed by atoms with Crippen molar-refractivity contribution in [2.45, 2.75) is 58.3 Å². The van der Waals surface area contributed by atoms with E-state index < -0.39 is 0 Å². The first kappa shape index (κ1) is 15.0. The molecule has 0 saturated carbocycles. The molecular weight excluding hydrogens is 163 g/mol. The van der Waals surface area contributed by atoms with Gasteiger partial charge in [-0.05, 0) is 6.42 Å². The molecule has 0 amide bonds. The number of rotatable bonds is 8. The van der Waals surface area contributed by atoms with Crippen LogP contribution in [0, 0.1) is 0 Å². The molecule has 0 unspecified atom stereocenters. The molecule has 0 bridgehead atoms. The summed E-state index contributed by atoms with van der Waals surface area (Å²) in [6.45, 7) is 2.61. The van der Waals surface area contributed by atoms with Gasteiger partial charge in [0.15, 0.2) is 0 Å². The van der Waals surface area contributed by atoms with Crippen molar-refractivity contribution in [2.24, 2.45) is 0 Å². The van der Waals surface area contributed by atoms with Gasteiger partial charge < -0.3 is 5.11 Å². The number of aliphatic hydroxyl groups excluding tert-OH is 1. The van der Waals surface area contributed by atoms with Gasteiger partial charge >= 0.3 is 17.4 Å². The molecule has 0 aromatic heterocycles. The molecule has 0 spiro atoms. The summed E-state index contributed by atoms with van der Waals surface area (Å²) in [5.41, 5.74) is 0. The van der Waals surface area contributed by atoms with E-state index in [2.05, 4.69) is 6.92 Å². The normalized spacial score (nSPS) is 9.50. The zero-order valence-electron chi connectivity index (χ0n) is 8.39. The van der Waals surface area contributed by atoms with E-state index in [1.54, 1.807) is 0 Å². The fraction of sp³-hybridized carbons (Fsp3) is 1.00. The van der Waals surface area contributed by atoms with Crippen molar-refractivity contribution in [3.63, 3.8) is 0 Å². The summed E-state index contributed by atoms with van der Waals surface area (Å²) in [5.74, 6) is 0. The molecule has 0 saturated heterocycles. The van der Waals surface area contributed by atoms with Crippen LogP contribution >= 0.6 is 0 Å². The van der Waals surface area contributed by atoms with E-state index in [4.69, 9.17) is 5.11 Å². The minimum Gasteiger partial charge on any atom is -0.396 e. The number of aliphatic hydroxyl groups is 1. The van der Waals surface area contributed by atoms with Crippen LogP contribution in [0.15, 0.2) is 0 Å². The van der Waals surface area contributed by atoms with Gasteiger partial charge in [-0.2, -0.15) is 0 Å². The van der Waals surface area contributed by atoms with Gasteiger partial charge in [-0.15, -0.1) is 0 Å². The van der Waals surface area contributed by atoms with E-state index in [0.29, 0.717) is 6.61 Å². The number of unbranched alkanes of at least 4 members (excludes halogenated alkanes) is 7. The van der Waals surface area contributed by atoms with Crippen molar-refractivity contribution in [3.8, 4) is 0 Å². The Morgan fingerprint density at radius 2 is 1.17 bits per heavy atom. The SMILES string of the molecule is CCCCCCCCCCO.[Al+3]. The topological polar surface area (TPSA) is 20.2 Å². The van der Waals surface area contributed by atoms with Gasteiger partial charge in [0.2, 0.25) is 0 Å². The van der Waals surface area contributed by atoms with Crippen LogP contribution < -0.4 is 0 Å². The van der Waals surface area contributed by atoms with Crippen LogP contribution in [0.25, 0.3) is 0 Å². The Balaban J connectivity index is 0. The van der Waals surface area contributed by atoms with E-state index >= 15 is 0 Å². The second-order valence-corrected chi connectivity index (χ2v) is 3.20. The predicted molar refractivity (Wildman–Crippen MR) is 55.4 cm³/mol. The van der Waals surface area contributed by atoms with Gasteiger partial charge in [0, 0.05) is 6.61 Å². The van der Waals surface area contributed by atoms with Crippen molar-refractivity contribution in [1.82, 2.24) is 0 Å². The van der Waals surface area contributed by atoms with Gasteiger partial charge in [-0.25, -0.2) is 0 Å². The van der Waals surface area contributed by atoms with E-state index in [0.717, 1.165) is 6.42 Å². The van der Waals surface area contributed by atoms with Crippen molar-refractivity contribution in [3.05, 3.63) is 0 Å². The minimum atomic E-state index is 0. The molecule has 2 heteroatoms. The van der Waals surface area contributed by atoms with Gasteiger partial charge in [-0.1, -0.05) is 51.9 Å². The summed E-state index contributed by atoms with van der Waals surface area (Å²) in [5, 5.41) is 8.51. The maximum absolute atomic E-state index is 8.51. The van der Waals surface area contributed by atoms with Crippen molar-refractivity contribution in [1.29, 1.82) is 0 Å². The molecule has 0 radical (unpaired) electrons. The first-order chi connectivity index (χ1) is 5.41. The molecule has 0 aliphatic heterocycles. The summed E-state index contributed by atoms with van der Waals surface area (Å²) in [6, 6.07) is 0. The molecular formula is C10H22AlO+3. The molecule has 0 aromatic carbocycles. The van der Waals surface area contributed by atoms with E-state index in [1.165, 1.54) is 44.9 Å². The average molecular weight is 185 g/mol. The zero-order valence-corrected chi connectivity index (χ0v) is 9.54. The van der Waals surface area contributed by atoms with Gasteiger partial charge in [-0.3, -0.25) is 0 Å². The maximum atomic E-state index is 8.51. The van der Waals surface area contributed by atoms with Crippen LogP contribution in [0.3, 0.4) is 0 Å².